The second-order valence-electron chi connectivity index (χ2n) is 5.46. The van der Waals surface area contributed by atoms with E-state index in [4.69, 9.17) is 39.5 Å². The lowest BCUT2D eigenvalue weighted by molar-refractivity contribution is -0.118. The Bertz CT molecular complexity index is 717. The van der Waals surface area contributed by atoms with E-state index in [1.54, 1.807) is 0 Å². The molecule has 2 aromatic rings. The molecule has 2 rings (SSSR count). The van der Waals surface area contributed by atoms with Gasteiger partial charge in [0.1, 0.15) is 5.75 Å². The lowest BCUT2D eigenvalue weighted by Gasteiger charge is -2.12. The molecule has 1 amide bonds. The van der Waals surface area contributed by atoms with Gasteiger partial charge in [-0.3, -0.25) is 4.79 Å². The minimum absolute atomic E-state index is 0.176. The number of nitrogens with one attached hydrogen (secondary N) is 1. The summed E-state index contributed by atoms with van der Waals surface area (Å²) in [4.78, 5) is 12.0. The number of hydrogen-bond acceptors (Lipinski definition) is 2. The Kier molecular flexibility index (Phi) is 6.79. The Balaban J connectivity index is 1.93. The van der Waals surface area contributed by atoms with Crippen molar-refractivity contribution < 1.29 is 9.53 Å². The number of amides is 1. The lowest BCUT2D eigenvalue weighted by atomic mass is 9.99. The molecule has 0 aliphatic rings. The number of carbonyl (C=O) groups excluding carboxylic acids is 1. The van der Waals surface area contributed by atoms with Gasteiger partial charge in [-0.25, -0.2) is 0 Å². The summed E-state index contributed by atoms with van der Waals surface area (Å²) < 4.78 is 5.40. The number of hydrogen-bond donors (Lipinski definition) is 1. The summed E-state index contributed by atoms with van der Waals surface area (Å²) in [6.45, 7) is 4.14. The van der Waals surface area contributed by atoms with Gasteiger partial charge in [-0.15, -0.1) is 0 Å². The predicted molar refractivity (Wildman–Crippen MR) is 101 cm³/mol. The van der Waals surface area contributed by atoms with Crippen LogP contribution >= 0.6 is 34.8 Å². The van der Waals surface area contributed by atoms with Crippen molar-refractivity contribution in [3.63, 3.8) is 0 Å². The summed E-state index contributed by atoms with van der Waals surface area (Å²) in [7, 11) is 0. The number of rotatable bonds is 6. The first kappa shape index (κ1) is 18.9. The summed E-state index contributed by atoms with van der Waals surface area (Å²) in [5.41, 5.74) is 1.96. The van der Waals surface area contributed by atoms with Gasteiger partial charge in [0.05, 0.1) is 15.1 Å². The Morgan fingerprint density at radius 1 is 1.08 bits per heavy atom. The van der Waals surface area contributed by atoms with Crippen LogP contribution in [0.2, 0.25) is 15.1 Å². The third kappa shape index (κ3) is 5.04. The second-order valence-corrected chi connectivity index (χ2v) is 6.69. The molecule has 0 unspecified atom stereocenters. The largest absolute Gasteiger partial charge is 0.482 e. The zero-order valence-corrected chi connectivity index (χ0v) is 15.7. The van der Waals surface area contributed by atoms with Crippen LogP contribution in [-0.2, 0) is 4.79 Å². The predicted octanol–water partition coefficient (Wildman–Crippen LogP) is 6.18. The number of halogens is 3. The van der Waals surface area contributed by atoms with E-state index in [0.29, 0.717) is 26.7 Å². The highest BCUT2D eigenvalue weighted by molar-refractivity contribution is 6.43. The van der Waals surface area contributed by atoms with Crippen LogP contribution in [0.3, 0.4) is 0 Å². The van der Waals surface area contributed by atoms with Gasteiger partial charge in [0.25, 0.3) is 5.91 Å². The number of carbonyl (C=O) groups is 1. The minimum atomic E-state index is -0.284. The van der Waals surface area contributed by atoms with Crippen molar-refractivity contribution in [2.24, 2.45) is 0 Å². The average Bonchev–Trinajstić information content (AvgIpc) is 2.57. The van der Waals surface area contributed by atoms with E-state index >= 15 is 0 Å². The van der Waals surface area contributed by atoms with Crippen LogP contribution in [0.4, 0.5) is 5.69 Å². The number of anilines is 1. The van der Waals surface area contributed by atoms with Gasteiger partial charge in [0, 0.05) is 11.8 Å². The zero-order valence-electron chi connectivity index (χ0n) is 13.4. The van der Waals surface area contributed by atoms with Crippen molar-refractivity contribution in [2.45, 2.75) is 26.2 Å². The van der Waals surface area contributed by atoms with E-state index in [0.717, 1.165) is 12.1 Å². The first-order valence-electron chi connectivity index (χ1n) is 7.57. The Labute approximate surface area is 156 Å². The fraction of sp³-hybridized carbons (Fsp3) is 0.278. The molecule has 24 heavy (non-hydrogen) atoms. The SMILES string of the molecule is CC[C@H](C)c1ccc(NC(=O)COc2cc(Cl)c(Cl)cc2Cl)cc1. The van der Waals surface area contributed by atoms with Crippen LogP contribution in [0, 0.1) is 0 Å². The van der Waals surface area contributed by atoms with Crippen LogP contribution in [0.1, 0.15) is 31.7 Å². The highest BCUT2D eigenvalue weighted by atomic mass is 35.5. The van der Waals surface area contributed by atoms with E-state index in [1.807, 2.05) is 24.3 Å². The van der Waals surface area contributed by atoms with E-state index in [9.17, 15) is 4.79 Å². The average molecular weight is 387 g/mol. The summed E-state index contributed by atoms with van der Waals surface area (Å²) in [6, 6.07) is 10.8. The molecule has 0 aliphatic carbocycles. The van der Waals surface area contributed by atoms with Gasteiger partial charge in [-0.1, -0.05) is 60.8 Å². The first-order valence-corrected chi connectivity index (χ1v) is 8.71. The van der Waals surface area contributed by atoms with Crippen molar-refractivity contribution in [1.29, 1.82) is 0 Å². The minimum Gasteiger partial charge on any atom is -0.482 e. The summed E-state index contributed by atoms with van der Waals surface area (Å²) in [6.07, 6.45) is 1.07. The highest BCUT2D eigenvalue weighted by Gasteiger charge is 2.10. The molecule has 2 aromatic carbocycles. The van der Waals surface area contributed by atoms with Gasteiger partial charge in [-0.05, 0) is 36.1 Å². The van der Waals surface area contributed by atoms with E-state index in [-0.39, 0.29) is 12.5 Å². The summed E-state index contributed by atoms with van der Waals surface area (Å²) in [5, 5.41) is 3.73. The quantitative estimate of drug-likeness (QED) is 0.602. The Morgan fingerprint density at radius 2 is 1.71 bits per heavy atom. The third-order valence-corrected chi connectivity index (χ3v) is 4.73. The molecule has 0 spiro atoms. The van der Waals surface area contributed by atoms with Crippen molar-refractivity contribution >= 4 is 46.4 Å². The van der Waals surface area contributed by atoms with Crippen LogP contribution in [0.25, 0.3) is 0 Å². The van der Waals surface area contributed by atoms with Crippen LogP contribution < -0.4 is 10.1 Å². The maximum Gasteiger partial charge on any atom is 0.262 e. The lowest BCUT2D eigenvalue weighted by Crippen LogP contribution is -2.20. The fourth-order valence-electron chi connectivity index (χ4n) is 2.09. The molecule has 0 saturated carbocycles. The van der Waals surface area contributed by atoms with Gasteiger partial charge in [0.15, 0.2) is 6.61 Å². The normalized spacial score (nSPS) is 11.9. The van der Waals surface area contributed by atoms with E-state index in [2.05, 4.69) is 19.2 Å². The van der Waals surface area contributed by atoms with Gasteiger partial charge >= 0.3 is 0 Å². The van der Waals surface area contributed by atoms with Crippen molar-refractivity contribution in [3.8, 4) is 5.75 Å². The molecule has 1 N–H and O–H groups in total. The van der Waals surface area contributed by atoms with E-state index < -0.39 is 0 Å². The molecule has 0 heterocycles. The zero-order chi connectivity index (χ0) is 17.7. The topological polar surface area (TPSA) is 38.3 Å². The number of benzene rings is 2. The molecule has 1 atom stereocenters. The highest BCUT2D eigenvalue weighted by Crippen LogP contribution is 2.33. The van der Waals surface area contributed by atoms with Gasteiger partial charge < -0.3 is 10.1 Å². The van der Waals surface area contributed by atoms with Crippen molar-refractivity contribution in [1.82, 2.24) is 0 Å². The molecule has 0 radical (unpaired) electrons. The molecule has 0 aliphatic heterocycles. The summed E-state index contributed by atoms with van der Waals surface area (Å²) in [5.74, 6) is 0.525. The smallest absolute Gasteiger partial charge is 0.262 e. The fourth-order valence-corrected chi connectivity index (χ4v) is 2.68. The summed E-state index contributed by atoms with van der Waals surface area (Å²) >= 11 is 17.8. The Morgan fingerprint density at radius 3 is 2.33 bits per heavy atom. The van der Waals surface area contributed by atoms with Crippen molar-refractivity contribution in [2.75, 3.05) is 11.9 Å². The van der Waals surface area contributed by atoms with E-state index in [1.165, 1.54) is 17.7 Å². The molecular formula is C18H18Cl3NO2. The first-order chi connectivity index (χ1) is 11.4. The molecule has 0 saturated heterocycles. The van der Waals surface area contributed by atoms with Gasteiger partial charge in [-0.2, -0.15) is 0 Å². The molecule has 0 bridgehead atoms. The van der Waals surface area contributed by atoms with Gasteiger partial charge in [0.2, 0.25) is 0 Å². The monoisotopic (exact) mass is 385 g/mol. The third-order valence-electron chi connectivity index (χ3n) is 3.71. The number of ether oxygens (including phenoxy) is 1. The molecule has 0 aromatic heterocycles. The maximum absolute atomic E-state index is 12.0. The van der Waals surface area contributed by atoms with Crippen LogP contribution in [-0.4, -0.2) is 12.5 Å². The van der Waals surface area contributed by atoms with Crippen molar-refractivity contribution in [3.05, 3.63) is 57.0 Å². The van der Waals surface area contributed by atoms with Crippen LogP contribution in [0.15, 0.2) is 36.4 Å². The molecule has 3 nitrogen and oxygen atoms in total. The maximum atomic E-state index is 12.0. The molecule has 6 heteroatoms. The molecular weight excluding hydrogens is 369 g/mol. The standard InChI is InChI=1S/C18H18Cl3NO2/c1-3-11(2)12-4-6-13(7-5-12)22-18(23)10-24-17-9-15(20)14(19)8-16(17)21/h4-9,11H,3,10H2,1-2H3,(H,22,23)/t11-/m0/s1. The Hall–Kier alpha value is -1.42. The second kappa shape index (κ2) is 8.61. The molecule has 0 fully saturated rings. The van der Waals surface area contributed by atoms with Crippen LogP contribution in [0.5, 0.6) is 5.75 Å². The molecule has 128 valence electrons.